The van der Waals surface area contributed by atoms with E-state index in [-0.39, 0.29) is 0 Å². The Morgan fingerprint density at radius 1 is 0.241 bits per heavy atom. The maximum Gasteiger partial charge on any atom is 0.143 e. The number of benzene rings is 10. The highest BCUT2D eigenvalue weighted by Gasteiger charge is 2.25. The Labute approximate surface area is 335 Å². The smallest absolute Gasteiger partial charge is 0.143 e. The van der Waals surface area contributed by atoms with Crippen LogP contribution in [0.2, 0.25) is 0 Å². The van der Waals surface area contributed by atoms with Gasteiger partial charge in [0, 0.05) is 33.0 Å². The maximum absolute atomic E-state index is 6.79. The van der Waals surface area contributed by atoms with Crippen molar-refractivity contribution in [3.05, 3.63) is 206 Å². The van der Waals surface area contributed by atoms with Gasteiger partial charge < -0.3 is 8.83 Å². The molecule has 0 unspecified atom stereocenters. The molecule has 2 aromatic heterocycles. The second-order valence-corrected chi connectivity index (χ2v) is 15.1. The lowest BCUT2D eigenvalue weighted by atomic mass is 9.85. The molecule has 0 amide bonds. The Morgan fingerprint density at radius 3 is 1.00 bits per heavy atom. The van der Waals surface area contributed by atoms with Gasteiger partial charge in [0.2, 0.25) is 0 Å². The van der Waals surface area contributed by atoms with Crippen LogP contribution >= 0.6 is 0 Å². The first kappa shape index (κ1) is 32.6. The zero-order valence-corrected chi connectivity index (χ0v) is 31.4. The van der Waals surface area contributed by atoms with Gasteiger partial charge in [-0.1, -0.05) is 194 Å². The molecule has 0 saturated heterocycles. The summed E-state index contributed by atoms with van der Waals surface area (Å²) in [7, 11) is 0. The van der Waals surface area contributed by atoms with Crippen LogP contribution < -0.4 is 0 Å². The molecule has 12 aromatic rings. The van der Waals surface area contributed by atoms with Crippen LogP contribution in [0.15, 0.2) is 215 Å². The molecule has 0 N–H and O–H groups in total. The van der Waals surface area contributed by atoms with E-state index >= 15 is 0 Å². The molecule has 0 bridgehead atoms. The van der Waals surface area contributed by atoms with E-state index in [2.05, 4.69) is 206 Å². The first-order chi connectivity index (χ1) is 28.8. The minimum absolute atomic E-state index is 0.875. The average molecular weight is 739 g/mol. The zero-order chi connectivity index (χ0) is 38.2. The van der Waals surface area contributed by atoms with Crippen LogP contribution in [-0.4, -0.2) is 0 Å². The Kier molecular flexibility index (Phi) is 7.26. The molecule has 0 fully saturated rings. The van der Waals surface area contributed by atoms with Gasteiger partial charge in [0.25, 0.3) is 0 Å². The van der Waals surface area contributed by atoms with E-state index < -0.39 is 0 Å². The van der Waals surface area contributed by atoms with Gasteiger partial charge in [0.15, 0.2) is 0 Å². The normalized spacial score (nSPS) is 11.8. The molecule has 0 spiro atoms. The van der Waals surface area contributed by atoms with Gasteiger partial charge in [-0.15, -0.1) is 0 Å². The molecule has 0 aliphatic heterocycles. The summed E-state index contributed by atoms with van der Waals surface area (Å²) in [5.41, 5.74) is 13.1. The van der Waals surface area contributed by atoms with Crippen molar-refractivity contribution >= 4 is 54.3 Å². The highest BCUT2D eigenvalue weighted by atomic mass is 16.3. The minimum atomic E-state index is 0.875. The lowest BCUT2D eigenvalue weighted by Gasteiger charge is -2.17. The second kappa shape index (κ2) is 12.9. The largest absolute Gasteiger partial charge is 0.455 e. The lowest BCUT2D eigenvalue weighted by molar-refractivity contribution is 0.632. The SMILES string of the molecule is c1ccc(-c2oc3cccc(-c4ccc5ccc6c(-c7cccc8oc(-c9ccccc9)c(-c9ccccc9)c78)ccc7ccc4c5c76)c3c2-c2ccccc2)cc1. The van der Waals surface area contributed by atoms with Crippen molar-refractivity contribution in [2.24, 2.45) is 0 Å². The van der Waals surface area contributed by atoms with E-state index in [9.17, 15) is 0 Å². The third-order valence-electron chi connectivity index (χ3n) is 11.9. The van der Waals surface area contributed by atoms with E-state index in [0.717, 1.165) is 78.0 Å². The Hall–Kier alpha value is -7.68. The minimum Gasteiger partial charge on any atom is -0.455 e. The van der Waals surface area contributed by atoms with E-state index in [1.54, 1.807) is 0 Å². The molecular weight excluding hydrogens is 705 g/mol. The predicted molar refractivity (Wildman–Crippen MR) is 242 cm³/mol. The van der Waals surface area contributed by atoms with Crippen LogP contribution in [0.3, 0.4) is 0 Å². The van der Waals surface area contributed by atoms with Gasteiger partial charge in [-0.25, -0.2) is 0 Å². The van der Waals surface area contributed by atoms with Crippen molar-refractivity contribution in [3.8, 4) is 67.2 Å². The summed E-state index contributed by atoms with van der Waals surface area (Å²) in [4.78, 5) is 0. The third-order valence-corrected chi connectivity index (χ3v) is 11.9. The van der Waals surface area contributed by atoms with Crippen molar-refractivity contribution in [1.29, 1.82) is 0 Å². The lowest BCUT2D eigenvalue weighted by Crippen LogP contribution is -1.91. The van der Waals surface area contributed by atoms with Crippen molar-refractivity contribution < 1.29 is 8.83 Å². The highest BCUT2D eigenvalue weighted by molar-refractivity contribution is 6.29. The van der Waals surface area contributed by atoms with Crippen LogP contribution in [0, 0.1) is 0 Å². The molecular formula is C56H34O2. The van der Waals surface area contributed by atoms with E-state index in [1.165, 1.54) is 43.4 Å². The zero-order valence-electron chi connectivity index (χ0n) is 31.4. The molecule has 2 nitrogen and oxygen atoms in total. The van der Waals surface area contributed by atoms with Crippen LogP contribution in [0.4, 0.5) is 0 Å². The Balaban J connectivity index is 1.13. The fourth-order valence-corrected chi connectivity index (χ4v) is 9.36. The van der Waals surface area contributed by atoms with Crippen LogP contribution in [0.5, 0.6) is 0 Å². The molecule has 0 saturated carbocycles. The molecule has 0 radical (unpaired) electrons. The molecule has 0 aliphatic carbocycles. The number of rotatable bonds is 6. The molecule has 10 aromatic carbocycles. The standard InChI is InChI=1S/C56H34O2/c1-5-15-35(16-6-1)51-53-43(23-13-25-47(53)57-55(51)39-19-9-3-10-20-39)41-31-27-37-30-34-46-42(32-28-38-29-33-45(41)49(37)50(38)46)44-24-14-26-48-54(44)52(36-17-7-2-8-18-36)56(58-48)40-21-11-4-12-22-40/h1-34H. The first-order valence-electron chi connectivity index (χ1n) is 19.8. The van der Waals surface area contributed by atoms with Crippen molar-refractivity contribution in [2.45, 2.75) is 0 Å². The van der Waals surface area contributed by atoms with Gasteiger partial charge in [-0.3, -0.25) is 0 Å². The third kappa shape index (κ3) is 4.92. The van der Waals surface area contributed by atoms with Gasteiger partial charge in [0.05, 0.1) is 0 Å². The van der Waals surface area contributed by atoms with E-state index in [4.69, 9.17) is 8.83 Å². The summed E-state index contributed by atoms with van der Waals surface area (Å²) < 4.78 is 13.6. The summed E-state index contributed by atoms with van der Waals surface area (Å²) in [6.07, 6.45) is 0. The van der Waals surface area contributed by atoms with Gasteiger partial charge in [-0.2, -0.15) is 0 Å². The predicted octanol–water partition coefficient (Wildman–Crippen LogP) is 16.1. The van der Waals surface area contributed by atoms with Gasteiger partial charge in [-0.05, 0) is 77.8 Å². The molecule has 58 heavy (non-hydrogen) atoms. The molecule has 0 atom stereocenters. The molecule has 2 heteroatoms. The summed E-state index contributed by atoms with van der Waals surface area (Å²) in [5.74, 6) is 1.77. The number of hydrogen-bond acceptors (Lipinski definition) is 2. The number of hydrogen-bond donors (Lipinski definition) is 0. The monoisotopic (exact) mass is 738 g/mol. The highest BCUT2D eigenvalue weighted by Crippen LogP contribution is 2.50. The number of furan rings is 2. The van der Waals surface area contributed by atoms with Gasteiger partial charge in [0.1, 0.15) is 22.7 Å². The molecule has 2 heterocycles. The van der Waals surface area contributed by atoms with Crippen LogP contribution in [-0.2, 0) is 0 Å². The topological polar surface area (TPSA) is 26.3 Å². The van der Waals surface area contributed by atoms with E-state index in [0.29, 0.717) is 0 Å². The fourth-order valence-electron chi connectivity index (χ4n) is 9.36. The van der Waals surface area contributed by atoms with Gasteiger partial charge >= 0.3 is 0 Å². The average Bonchev–Trinajstić information content (AvgIpc) is 3.89. The number of fused-ring (bicyclic) bond motifs is 2. The Bertz CT molecular complexity index is 3230. The van der Waals surface area contributed by atoms with E-state index in [1.807, 2.05) is 0 Å². The summed E-state index contributed by atoms with van der Waals surface area (Å²) in [6, 6.07) is 73.6. The second-order valence-electron chi connectivity index (χ2n) is 15.1. The van der Waals surface area contributed by atoms with Crippen LogP contribution in [0.25, 0.3) is 121 Å². The summed E-state index contributed by atoms with van der Waals surface area (Å²) in [5, 5.41) is 9.67. The first-order valence-corrected chi connectivity index (χ1v) is 19.8. The van der Waals surface area contributed by atoms with Crippen molar-refractivity contribution in [3.63, 3.8) is 0 Å². The molecule has 0 aliphatic rings. The maximum atomic E-state index is 6.79. The summed E-state index contributed by atoms with van der Waals surface area (Å²) in [6.45, 7) is 0. The summed E-state index contributed by atoms with van der Waals surface area (Å²) >= 11 is 0. The van der Waals surface area contributed by atoms with Crippen molar-refractivity contribution in [2.75, 3.05) is 0 Å². The fraction of sp³-hybridized carbons (Fsp3) is 0. The van der Waals surface area contributed by atoms with Crippen molar-refractivity contribution in [1.82, 2.24) is 0 Å². The Morgan fingerprint density at radius 2 is 0.603 bits per heavy atom. The quantitative estimate of drug-likeness (QED) is 0.159. The molecule has 270 valence electrons. The molecule has 12 rings (SSSR count). The van der Waals surface area contributed by atoms with Crippen LogP contribution in [0.1, 0.15) is 0 Å².